The summed E-state index contributed by atoms with van der Waals surface area (Å²) >= 11 is 3.13. The maximum absolute atomic E-state index is 10.5. The SMILES string of the molecule is CCOc1cc(CC(=O)O)cc(Br)c1O. The first-order valence-electron chi connectivity index (χ1n) is 4.40. The molecule has 4 nitrogen and oxygen atoms in total. The third kappa shape index (κ3) is 3.13. The molecule has 0 heterocycles. The normalized spacial score (nSPS) is 10.0. The van der Waals surface area contributed by atoms with Crippen molar-refractivity contribution >= 4 is 21.9 Å². The number of phenolic OH excluding ortho intramolecular Hbond substituents is 1. The van der Waals surface area contributed by atoms with Crippen LogP contribution in [-0.4, -0.2) is 22.8 Å². The Labute approximate surface area is 95.6 Å². The predicted octanol–water partition coefficient (Wildman–Crippen LogP) is 2.18. The molecule has 82 valence electrons. The number of halogens is 1. The van der Waals surface area contributed by atoms with E-state index in [9.17, 15) is 9.90 Å². The van der Waals surface area contributed by atoms with Crippen LogP contribution in [0.3, 0.4) is 0 Å². The zero-order valence-electron chi connectivity index (χ0n) is 8.16. The van der Waals surface area contributed by atoms with Gasteiger partial charge in [-0.05, 0) is 40.5 Å². The van der Waals surface area contributed by atoms with Crippen molar-refractivity contribution in [2.24, 2.45) is 0 Å². The van der Waals surface area contributed by atoms with Crippen LogP contribution >= 0.6 is 15.9 Å². The number of aromatic hydroxyl groups is 1. The molecule has 1 aromatic carbocycles. The molecule has 0 radical (unpaired) electrons. The molecule has 1 aromatic rings. The predicted molar refractivity (Wildman–Crippen MR) is 58.3 cm³/mol. The summed E-state index contributed by atoms with van der Waals surface area (Å²) in [6.45, 7) is 2.20. The average molecular weight is 275 g/mol. The van der Waals surface area contributed by atoms with E-state index in [1.54, 1.807) is 13.0 Å². The molecule has 0 bridgehead atoms. The Balaban J connectivity index is 3.05. The number of aliphatic carboxylic acids is 1. The second kappa shape index (κ2) is 5.02. The Bertz CT molecular complexity index is 376. The molecule has 0 unspecified atom stereocenters. The maximum atomic E-state index is 10.5. The first kappa shape index (κ1) is 11.8. The van der Waals surface area contributed by atoms with Gasteiger partial charge in [-0.15, -0.1) is 0 Å². The summed E-state index contributed by atoms with van der Waals surface area (Å²) in [5, 5.41) is 18.2. The van der Waals surface area contributed by atoms with Gasteiger partial charge in [0.05, 0.1) is 17.5 Å². The van der Waals surface area contributed by atoms with E-state index >= 15 is 0 Å². The van der Waals surface area contributed by atoms with Crippen molar-refractivity contribution in [3.63, 3.8) is 0 Å². The van der Waals surface area contributed by atoms with Crippen LogP contribution in [0.4, 0.5) is 0 Å². The van der Waals surface area contributed by atoms with Gasteiger partial charge in [0.2, 0.25) is 0 Å². The summed E-state index contributed by atoms with van der Waals surface area (Å²) in [5.74, 6) is -0.635. The fourth-order valence-corrected chi connectivity index (χ4v) is 1.66. The molecule has 5 heteroatoms. The van der Waals surface area contributed by atoms with Crippen molar-refractivity contribution in [3.8, 4) is 11.5 Å². The number of hydrogen-bond donors (Lipinski definition) is 2. The lowest BCUT2D eigenvalue weighted by Gasteiger charge is -2.09. The number of hydrogen-bond acceptors (Lipinski definition) is 3. The van der Waals surface area contributed by atoms with E-state index in [0.717, 1.165) is 0 Å². The van der Waals surface area contributed by atoms with Crippen LogP contribution in [-0.2, 0) is 11.2 Å². The van der Waals surface area contributed by atoms with E-state index < -0.39 is 5.97 Å². The quantitative estimate of drug-likeness (QED) is 0.883. The van der Waals surface area contributed by atoms with Crippen molar-refractivity contribution in [1.82, 2.24) is 0 Å². The zero-order valence-corrected chi connectivity index (χ0v) is 9.74. The fourth-order valence-electron chi connectivity index (χ4n) is 1.17. The highest BCUT2D eigenvalue weighted by molar-refractivity contribution is 9.10. The van der Waals surface area contributed by atoms with E-state index in [2.05, 4.69) is 15.9 Å². The van der Waals surface area contributed by atoms with Gasteiger partial charge >= 0.3 is 5.97 Å². The number of carbonyl (C=O) groups is 1. The number of benzene rings is 1. The number of ether oxygens (including phenoxy) is 1. The first-order valence-corrected chi connectivity index (χ1v) is 5.20. The van der Waals surface area contributed by atoms with E-state index in [-0.39, 0.29) is 12.2 Å². The maximum Gasteiger partial charge on any atom is 0.307 e. The van der Waals surface area contributed by atoms with Gasteiger partial charge in [0, 0.05) is 0 Å². The van der Waals surface area contributed by atoms with Crippen LogP contribution in [0.5, 0.6) is 11.5 Å². The lowest BCUT2D eigenvalue weighted by atomic mass is 10.1. The zero-order chi connectivity index (χ0) is 11.4. The molecular formula is C10H11BrO4. The van der Waals surface area contributed by atoms with Crippen LogP contribution in [0.2, 0.25) is 0 Å². The molecule has 0 atom stereocenters. The monoisotopic (exact) mass is 274 g/mol. The molecule has 0 aliphatic carbocycles. The third-order valence-corrected chi connectivity index (χ3v) is 2.35. The number of carboxylic acid groups (broad SMARTS) is 1. The number of carboxylic acids is 1. The van der Waals surface area contributed by atoms with E-state index in [1.807, 2.05) is 0 Å². The van der Waals surface area contributed by atoms with Crippen molar-refractivity contribution < 1.29 is 19.7 Å². The van der Waals surface area contributed by atoms with Gasteiger partial charge in [0.1, 0.15) is 0 Å². The molecule has 15 heavy (non-hydrogen) atoms. The van der Waals surface area contributed by atoms with Gasteiger partial charge in [0.25, 0.3) is 0 Å². The Morgan fingerprint density at radius 1 is 1.53 bits per heavy atom. The highest BCUT2D eigenvalue weighted by atomic mass is 79.9. The second-order valence-corrected chi connectivity index (χ2v) is 3.78. The third-order valence-electron chi connectivity index (χ3n) is 1.74. The number of rotatable bonds is 4. The molecule has 0 aliphatic rings. The lowest BCUT2D eigenvalue weighted by molar-refractivity contribution is -0.136. The summed E-state index contributed by atoms with van der Waals surface area (Å²) in [6, 6.07) is 3.09. The van der Waals surface area contributed by atoms with Gasteiger partial charge in [0.15, 0.2) is 11.5 Å². The highest BCUT2D eigenvalue weighted by Crippen LogP contribution is 2.35. The lowest BCUT2D eigenvalue weighted by Crippen LogP contribution is -2.01. The van der Waals surface area contributed by atoms with Crippen LogP contribution < -0.4 is 4.74 Å². The molecule has 0 spiro atoms. The topological polar surface area (TPSA) is 66.8 Å². The van der Waals surface area contributed by atoms with Gasteiger partial charge < -0.3 is 14.9 Å². The number of phenols is 1. The Morgan fingerprint density at radius 3 is 2.73 bits per heavy atom. The van der Waals surface area contributed by atoms with Crippen molar-refractivity contribution in [2.45, 2.75) is 13.3 Å². The standard InChI is InChI=1S/C10H11BrO4/c1-2-15-8-4-6(5-9(12)13)3-7(11)10(8)14/h3-4,14H,2,5H2,1H3,(H,12,13). The van der Waals surface area contributed by atoms with Crippen molar-refractivity contribution in [2.75, 3.05) is 6.61 Å². The largest absolute Gasteiger partial charge is 0.503 e. The average Bonchev–Trinajstić information content (AvgIpc) is 2.12. The minimum Gasteiger partial charge on any atom is -0.503 e. The molecule has 0 aliphatic heterocycles. The summed E-state index contributed by atoms with van der Waals surface area (Å²) in [7, 11) is 0. The molecule has 1 rings (SSSR count). The molecule has 0 aromatic heterocycles. The molecule has 0 saturated heterocycles. The fraction of sp³-hybridized carbons (Fsp3) is 0.300. The Kier molecular flexibility index (Phi) is 3.96. The minimum absolute atomic E-state index is 0.00834. The molecule has 2 N–H and O–H groups in total. The van der Waals surface area contributed by atoms with Crippen LogP contribution in [0.15, 0.2) is 16.6 Å². The summed E-state index contributed by atoms with van der Waals surface area (Å²) in [5.41, 5.74) is 0.579. The van der Waals surface area contributed by atoms with Gasteiger partial charge in [-0.3, -0.25) is 4.79 Å². The molecular weight excluding hydrogens is 264 g/mol. The van der Waals surface area contributed by atoms with E-state index in [4.69, 9.17) is 9.84 Å². The van der Waals surface area contributed by atoms with Gasteiger partial charge in [-0.2, -0.15) is 0 Å². The van der Waals surface area contributed by atoms with Crippen molar-refractivity contribution in [1.29, 1.82) is 0 Å². The second-order valence-electron chi connectivity index (χ2n) is 2.93. The first-order chi connectivity index (χ1) is 7.04. The molecule has 0 amide bonds. The Morgan fingerprint density at radius 2 is 2.20 bits per heavy atom. The Hall–Kier alpha value is -1.23. The van der Waals surface area contributed by atoms with Crippen LogP contribution in [0.25, 0.3) is 0 Å². The molecule has 0 fully saturated rings. The highest BCUT2D eigenvalue weighted by Gasteiger charge is 2.10. The van der Waals surface area contributed by atoms with Gasteiger partial charge in [-0.1, -0.05) is 0 Å². The van der Waals surface area contributed by atoms with E-state index in [0.29, 0.717) is 22.4 Å². The minimum atomic E-state index is -0.921. The molecule has 0 saturated carbocycles. The summed E-state index contributed by atoms with van der Waals surface area (Å²) in [6.07, 6.45) is -0.0983. The summed E-state index contributed by atoms with van der Waals surface area (Å²) in [4.78, 5) is 10.5. The van der Waals surface area contributed by atoms with E-state index in [1.165, 1.54) is 6.07 Å². The van der Waals surface area contributed by atoms with Crippen LogP contribution in [0.1, 0.15) is 12.5 Å². The summed E-state index contributed by atoms with van der Waals surface area (Å²) < 4.78 is 5.60. The van der Waals surface area contributed by atoms with Crippen molar-refractivity contribution in [3.05, 3.63) is 22.2 Å². The van der Waals surface area contributed by atoms with Crippen LogP contribution in [0, 0.1) is 0 Å². The smallest absolute Gasteiger partial charge is 0.307 e. The van der Waals surface area contributed by atoms with Gasteiger partial charge in [-0.25, -0.2) is 0 Å².